The van der Waals surface area contributed by atoms with Gasteiger partial charge in [0.05, 0.1) is 28.8 Å². The zero-order valence-electron chi connectivity index (χ0n) is 19.8. The van der Waals surface area contributed by atoms with Crippen LogP contribution in [0.4, 0.5) is 5.69 Å². The van der Waals surface area contributed by atoms with Crippen LogP contribution in [-0.4, -0.2) is 17.7 Å². The van der Waals surface area contributed by atoms with Crippen LogP contribution in [0.5, 0.6) is 11.5 Å². The van der Waals surface area contributed by atoms with Crippen LogP contribution in [0, 0.1) is 25.2 Å². The highest BCUT2D eigenvalue weighted by atomic mass is 32.2. The minimum Gasteiger partial charge on any atom is -0.490 e. The Kier molecular flexibility index (Phi) is 7.54. The number of aryl methyl sites for hydroxylation is 2. The molecule has 1 heterocycles. The van der Waals surface area contributed by atoms with Crippen LogP contribution in [0.1, 0.15) is 34.7 Å². The summed E-state index contributed by atoms with van der Waals surface area (Å²) in [7, 11) is 0. The fourth-order valence-corrected chi connectivity index (χ4v) is 4.33. The van der Waals surface area contributed by atoms with Gasteiger partial charge in [0.1, 0.15) is 6.61 Å². The Bertz CT molecular complexity index is 1370. The van der Waals surface area contributed by atoms with Crippen LogP contribution in [0.15, 0.2) is 70.6 Å². The minimum absolute atomic E-state index is 0.189. The van der Waals surface area contributed by atoms with Crippen LogP contribution in [0.2, 0.25) is 0 Å². The van der Waals surface area contributed by atoms with E-state index < -0.39 is 0 Å². The van der Waals surface area contributed by atoms with Crippen LogP contribution < -0.4 is 14.8 Å². The summed E-state index contributed by atoms with van der Waals surface area (Å²) in [5, 5.41) is 12.7. The first kappa shape index (κ1) is 24.1. The Morgan fingerprint density at radius 3 is 2.69 bits per heavy atom. The molecule has 0 radical (unpaired) electrons. The van der Waals surface area contributed by atoms with Crippen LogP contribution in [0.3, 0.4) is 0 Å². The number of carbonyl (C=O) groups is 1. The predicted molar refractivity (Wildman–Crippen MR) is 140 cm³/mol. The first-order valence-corrected chi connectivity index (χ1v) is 12.0. The third-order valence-corrected chi connectivity index (χ3v) is 6.23. The van der Waals surface area contributed by atoms with Gasteiger partial charge in [0.15, 0.2) is 16.7 Å². The Labute approximate surface area is 209 Å². The first-order valence-electron chi connectivity index (χ1n) is 11.2. The van der Waals surface area contributed by atoms with E-state index in [0.29, 0.717) is 33.7 Å². The smallest absolute Gasteiger partial charge is 0.264 e. The van der Waals surface area contributed by atoms with Crippen LogP contribution in [0.25, 0.3) is 6.08 Å². The van der Waals surface area contributed by atoms with Crippen molar-refractivity contribution in [2.45, 2.75) is 27.4 Å². The molecular weight excluding hydrogens is 458 g/mol. The van der Waals surface area contributed by atoms with Crippen molar-refractivity contribution in [3.05, 3.63) is 93.4 Å². The molecule has 0 unspecified atom stereocenters. The molecule has 3 aromatic carbocycles. The molecule has 35 heavy (non-hydrogen) atoms. The molecule has 0 bridgehead atoms. The van der Waals surface area contributed by atoms with E-state index in [1.807, 2.05) is 81.4 Å². The molecule has 6 nitrogen and oxygen atoms in total. The highest BCUT2D eigenvalue weighted by Gasteiger charge is 2.24. The maximum atomic E-state index is 12.6. The van der Waals surface area contributed by atoms with E-state index in [0.717, 1.165) is 27.9 Å². The number of benzene rings is 3. The predicted octanol–water partition coefficient (Wildman–Crippen LogP) is 6.04. The summed E-state index contributed by atoms with van der Waals surface area (Å²) in [5.74, 6) is 0.955. The lowest BCUT2D eigenvalue weighted by Gasteiger charge is -2.13. The highest BCUT2D eigenvalue weighted by molar-refractivity contribution is 8.18. The number of amidine groups is 1. The molecule has 0 aliphatic carbocycles. The van der Waals surface area contributed by atoms with Crippen molar-refractivity contribution in [1.82, 2.24) is 5.32 Å². The summed E-state index contributed by atoms with van der Waals surface area (Å²) in [6.07, 6.45) is 1.81. The van der Waals surface area contributed by atoms with Gasteiger partial charge in [-0.2, -0.15) is 5.26 Å². The third kappa shape index (κ3) is 5.92. The second kappa shape index (κ2) is 10.9. The molecule has 3 aromatic rings. The number of aliphatic imine (C=N–C) groups is 1. The standard InChI is InChI=1S/C28H25N3O3S/c1-4-33-25-14-20(11-12-24(25)34-17-22-8-6-5-7-21(22)16-29)15-26-27(32)31-28(35-26)30-23-13-18(2)9-10-19(23)3/h5-15H,4,17H2,1-3H3,(H,30,31,32). The number of thioether (sulfide) groups is 1. The Hall–Kier alpha value is -4.02. The molecule has 0 atom stereocenters. The van der Waals surface area contributed by atoms with Crippen molar-refractivity contribution in [3.8, 4) is 17.6 Å². The number of ether oxygens (including phenoxy) is 2. The van der Waals surface area contributed by atoms with Gasteiger partial charge in [-0.05, 0) is 79.6 Å². The normalized spacial score (nSPS) is 15.2. The Morgan fingerprint density at radius 1 is 1.06 bits per heavy atom. The monoisotopic (exact) mass is 483 g/mol. The van der Waals surface area contributed by atoms with E-state index in [2.05, 4.69) is 16.4 Å². The molecule has 7 heteroatoms. The van der Waals surface area contributed by atoms with Gasteiger partial charge in [-0.3, -0.25) is 4.79 Å². The summed E-state index contributed by atoms with van der Waals surface area (Å²) in [6, 6.07) is 21.1. The summed E-state index contributed by atoms with van der Waals surface area (Å²) in [4.78, 5) is 17.7. The zero-order valence-corrected chi connectivity index (χ0v) is 20.6. The molecule has 1 N–H and O–H groups in total. The van der Waals surface area contributed by atoms with Gasteiger partial charge in [-0.15, -0.1) is 0 Å². The van der Waals surface area contributed by atoms with E-state index in [4.69, 9.17) is 9.47 Å². The second-order valence-electron chi connectivity index (χ2n) is 7.97. The maximum Gasteiger partial charge on any atom is 0.264 e. The second-order valence-corrected chi connectivity index (χ2v) is 9.00. The van der Waals surface area contributed by atoms with Crippen molar-refractivity contribution in [2.75, 3.05) is 6.61 Å². The lowest BCUT2D eigenvalue weighted by atomic mass is 10.1. The zero-order chi connectivity index (χ0) is 24.8. The molecule has 4 rings (SSSR count). The largest absolute Gasteiger partial charge is 0.490 e. The Morgan fingerprint density at radius 2 is 1.89 bits per heavy atom. The van der Waals surface area contributed by atoms with Crippen molar-refractivity contribution >= 4 is 34.6 Å². The van der Waals surface area contributed by atoms with Crippen LogP contribution >= 0.6 is 11.8 Å². The molecule has 1 aliphatic heterocycles. The molecule has 0 aromatic heterocycles. The van der Waals surface area contributed by atoms with Gasteiger partial charge in [0.2, 0.25) is 0 Å². The molecular formula is C28H25N3O3S. The molecule has 176 valence electrons. The molecule has 1 saturated heterocycles. The summed E-state index contributed by atoms with van der Waals surface area (Å²) in [6.45, 7) is 6.62. The number of amides is 1. The van der Waals surface area contributed by atoms with Gasteiger partial charge in [0.25, 0.3) is 5.91 Å². The van der Waals surface area contributed by atoms with E-state index in [9.17, 15) is 10.1 Å². The summed E-state index contributed by atoms with van der Waals surface area (Å²) >= 11 is 1.31. The molecule has 1 fully saturated rings. The van der Waals surface area contributed by atoms with E-state index in [1.165, 1.54) is 11.8 Å². The number of hydrogen-bond donors (Lipinski definition) is 1. The molecule has 1 aliphatic rings. The summed E-state index contributed by atoms with van der Waals surface area (Å²) in [5.41, 5.74) is 5.19. The van der Waals surface area contributed by atoms with Crippen molar-refractivity contribution in [3.63, 3.8) is 0 Å². The maximum absolute atomic E-state index is 12.6. The van der Waals surface area contributed by atoms with Crippen molar-refractivity contribution in [1.29, 1.82) is 5.26 Å². The molecule has 0 spiro atoms. The van der Waals surface area contributed by atoms with E-state index in [-0.39, 0.29) is 12.5 Å². The first-order chi connectivity index (χ1) is 17.0. The SMILES string of the molecule is CCOc1cc(C=C2SC(=Nc3cc(C)ccc3C)NC2=O)ccc1OCc1ccccc1C#N. The fraction of sp³-hybridized carbons (Fsp3) is 0.179. The minimum atomic E-state index is -0.189. The highest BCUT2D eigenvalue weighted by Crippen LogP contribution is 2.33. The number of hydrogen-bond acceptors (Lipinski definition) is 6. The van der Waals surface area contributed by atoms with E-state index in [1.54, 1.807) is 6.07 Å². The van der Waals surface area contributed by atoms with E-state index >= 15 is 0 Å². The average molecular weight is 484 g/mol. The number of nitrogens with one attached hydrogen (secondary N) is 1. The number of carbonyl (C=O) groups excluding carboxylic acids is 1. The van der Waals surface area contributed by atoms with Crippen LogP contribution in [-0.2, 0) is 11.4 Å². The third-order valence-electron chi connectivity index (χ3n) is 5.32. The van der Waals surface area contributed by atoms with Gasteiger partial charge in [-0.1, -0.05) is 36.4 Å². The van der Waals surface area contributed by atoms with Gasteiger partial charge in [-0.25, -0.2) is 4.99 Å². The van der Waals surface area contributed by atoms with Gasteiger partial charge in [0, 0.05) is 5.56 Å². The van der Waals surface area contributed by atoms with Crippen molar-refractivity contribution in [2.24, 2.45) is 4.99 Å². The van der Waals surface area contributed by atoms with Gasteiger partial charge < -0.3 is 14.8 Å². The molecule has 1 amide bonds. The summed E-state index contributed by atoms with van der Waals surface area (Å²) < 4.78 is 11.8. The van der Waals surface area contributed by atoms with Crippen molar-refractivity contribution < 1.29 is 14.3 Å². The Balaban J connectivity index is 1.54. The number of rotatable bonds is 7. The quantitative estimate of drug-likeness (QED) is 0.414. The topological polar surface area (TPSA) is 83.7 Å². The number of nitrogens with zero attached hydrogens (tertiary/aromatic N) is 2. The van der Waals surface area contributed by atoms with Gasteiger partial charge >= 0.3 is 0 Å². The fourth-order valence-electron chi connectivity index (χ4n) is 3.49. The number of nitriles is 1. The lowest BCUT2D eigenvalue weighted by Crippen LogP contribution is -2.19. The lowest BCUT2D eigenvalue weighted by molar-refractivity contribution is -0.115. The molecule has 0 saturated carbocycles. The average Bonchev–Trinajstić information content (AvgIpc) is 3.19.